The first kappa shape index (κ1) is 26.4. The van der Waals surface area contributed by atoms with Crippen LogP contribution in [-0.4, -0.2) is 50.0 Å². The van der Waals surface area contributed by atoms with Gasteiger partial charge in [0.2, 0.25) is 0 Å². The van der Waals surface area contributed by atoms with Crippen LogP contribution in [0, 0.1) is 5.92 Å². The zero-order valence-corrected chi connectivity index (χ0v) is 20.5. The molecule has 8 heteroatoms. The van der Waals surface area contributed by atoms with Crippen LogP contribution >= 0.6 is 0 Å². The summed E-state index contributed by atoms with van der Waals surface area (Å²) in [6.07, 6.45) is 1.39. The Labute approximate surface area is 209 Å². The molecule has 0 N–H and O–H groups in total. The maximum Gasteiger partial charge on any atom is 0.331 e. The van der Waals surface area contributed by atoms with Crippen LogP contribution in [-0.2, 0) is 28.6 Å². The monoisotopic (exact) mass is 491 g/mol. The standard InChI is InChI=1S/C28H29NO7/c1-4-34-26(30)23(27(31)35-5-2)22(21-17-12-18-36-21)25(28(32)33-3)29-24(19-13-8-6-9-14-19)20-15-10-7-11-16-20/h6-18,22-23,25H,4-5H2,1-3H3/t22-,25-/m0/s1. The summed E-state index contributed by atoms with van der Waals surface area (Å²) in [7, 11) is 1.22. The maximum absolute atomic E-state index is 13.2. The predicted octanol–water partition coefficient (Wildman–Crippen LogP) is 4.18. The first-order valence-electron chi connectivity index (χ1n) is 11.6. The molecule has 2 atom stereocenters. The molecule has 36 heavy (non-hydrogen) atoms. The summed E-state index contributed by atoms with van der Waals surface area (Å²) in [6.45, 7) is 3.32. The van der Waals surface area contributed by atoms with Gasteiger partial charge in [-0.15, -0.1) is 0 Å². The Balaban J connectivity index is 2.26. The highest BCUT2D eigenvalue weighted by Crippen LogP contribution is 2.34. The molecule has 0 aliphatic carbocycles. The van der Waals surface area contributed by atoms with Gasteiger partial charge in [-0.1, -0.05) is 60.7 Å². The Morgan fingerprint density at radius 2 is 1.31 bits per heavy atom. The first-order valence-corrected chi connectivity index (χ1v) is 11.6. The van der Waals surface area contributed by atoms with Crippen LogP contribution in [0.5, 0.6) is 0 Å². The summed E-state index contributed by atoms with van der Waals surface area (Å²) in [4.78, 5) is 44.2. The SMILES string of the molecule is CCOC(=O)C(C(=O)OCC)[C@H](c1ccco1)[C@H](N=C(c1ccccc1)c1ccccc1)C(=O)OC. The van der Waals surface area contributed by atoms with Gasteiger partial charge < -0.3 is 18.6 Å². The van der Waals surface area contributed by atoms with E-state index in [2.05, 4.69) is 0 Å². The molecule has 0 saturated carbocycles. The number of benzene rings is 2. The van der Waals surface area contributed by atoms with Gasteiger partial charge in [-0.25, -0.2) is 4.79 Å². The largest absolute Gasteiger partial charge is 0.469 e. The van der Waals surface area contributed by atoms with Crippen LogP contribution in [0.15, 0.2) is 88.5 Å². The average Bonchev–Trinajstić information content (AvgIpc) is 3.44. The Morgan fingerprint density at radius 1 is 0.778 bits per heavy atom. The van der Waals surface area contributed by atoms with E-state index in [0.717, 1.165) is 11.1 Å². The Morgan fingerprint density at radius 3 is 1.72 bits per heavy atom. The summed E-state index contributed by atoms with van der Waals surface area (Å²) in [6, 6.07) is 20.4. The van der Waals surface area contributed by atoms with E-state index in [0.29, 0.717) is 5.71 Å². The molecule has 0 radical (unpaired) electrons. The molecule has 1 aromatic heterocycles. The second-order valence-corrected chi connectivity index (χ2v) is 7.70. The molecule has 0 aliphatic heterocycles. The number of rotatable bonds is 11. The van der Waals surface area contributed by atoms with Crippen molar-refractivity contribution in [2.45, 2.75) is 25.8 Å². The zero-order chi connectivity index (χ0) is 25.9. The molecule has 0 saturated heterocycles. The van der Waals surface area contributed by atoms with E-state index in [1.54, 1.807) is 26.0 Å². The molecule has 8 nitrogen and oxygen atoms in total. The van der Waals surface area contributed by atoms with Crippen molar-refractivity contribution in [2.24, 2.45) is 10.9 Å². The number of carbonyl (C=O) groups excluding carboxylic acids is 3. The van der Waals surface area contributed by atoms with E-state index in [1.165, 1.54) is 13.4 Å². The quantitative estimate of drug-likeness (QED) is 0.171. The summed E-state index contributed by atoms with van der Waals surface area (Å²) in [5.41, 5.74) is 1.95. The number of methoxy groups -OCH3 is 1. The third kappa shape index (κ3) is 6.27. The molecule has 1 heterocycles. The van der Waals surface area contributed by atoms with Crippen LogP contribution in [0.3, 0.4) is 0 Å². The molecular formula is C28H29NO7. The highest BCUT2D eigenvalue weighted by molar-refractivity contribution is 6.13. The number of furan rings is 1. The normalized spacial score (nSPS) is 12.3. The van der Waals surface area contributed by atoms with E-state index >= 15 is 0 Å². The molecule has 0 amide bonds. The van der Waals surface area contributed by atoms with Crippen molar-refractivity contribution >= 4 is 23.6 Å². The van der Waals surface area contributed by atoms with Crippen molar-refractivity contribution in [2.75, 3.05) is 20.3 Å². The molecule has 3 aromatic rings. The van der Waals surface area contributed by atoms with Crippen molar-refractivity contribution < 1.29 is 33.0 Å². The third-order valence-corrected chi connectivity index (χ3v) is 5.46. The summed E-state index contributed by atoms with van der Waals surface area (Å²) in [5, 5.41) is 0. The summed E-state index contributed by atoms with van der Waals surface area (Å²) < 4.78 is 21.1. The zero-order valence-electron chi connectivity index (χ0n) is 20.5. The lowest BCUT2D eigenvalue weighted by Gasteiger charge is -2.27. The fraction of sp³-hybridized carbons (Fsp3) is 0.286. The van der Waals surface area contributed by atoms with E-state index in [-0.39, 0.29) is 19.0 Å². The second-order valence-electron chi connectivity index (χ2n) is 7.70. The minimum Gasteiger partial charge on any atom is -0.469 e. The summed E-state index contributed by atoms with van der Waals surface area (Å²) >= 11 is 0. The van der Waals surface area contributed by atoms with Gasteiger partial charge in [-0.3, -0.25) is 14.6 Å². The first-order chi connectivity index (χ1) is 17.5. The maximum atomic E-state index is 13.2. The molecule has 2 aromatic carbocycles. The number of ether oxygens (including phenoxy) is 3. The fourth-order valence-electron chi connectivity index (χ4n) is 3.88. The number of hydrogen-bond acceptors (Lipinski definition) is 8. The van der Waals surface area contributed by atoms with Crippen molar-refractivity contribution in [1.82, 2.24) is 0 Å². The van der Waals surface area contributed by atoms with Crippen molar-refractivity contribution in [3.05, 3.63) is 95.9 Å². The van der Waals surface area contributed by atoms with Crippen LogP contribution in [0.2, 0.25) is 0 Å². The molecule has 0 aliphatic rings. The lowest BCUT2D eigenvalue weighted by molar-refractivity contribution is -0.164. The lowest BCUT2D eigenvalue weighted by atomic mass is 9.83. The smallest absolute Gasteiger partial charge is 0.331 e. The van der Waals surface area contributed by atoms with Gasteiger partial charge in [0.05, 0.1) is 38.2 Å². The highest BCUT2D eigenvalue weighted by atomic mass is 16.6. The van der Waals surface area contributed by atoms with Crippen molar-refractivity contribution in [3.63, 3.8) is 0 Å². The molecule has 0 unspecified atom stereocenters. The van der Waals surface area contributed by atoms with Crippen LogP contribution in [0.25, 0.3) is 0 Å². The summed E-state index contributed by atoms with van der Waals surface area (Å²) in [5.74, 6) is -4.95. The van der Waals surface area contributed by atoms with E-state index in [1.807, 2.05) is 60.7 Å². The van der Waals surface area contributed by atoms with Gasteiger partial charge in [0.25, 0.3) is 0 Å². The fourth-order valence-corrected chi connectivity index (χ4v) is 3.88. The number of nitrogens with zero attached hydrogens (tertiary/aromatic N) is 1. The molecular weight excluding hydrogens is 462 g/mol. The Hall–Kier alpha value is -4.20. The lowest BCUT2D eigenvalue weighted by Crippen LogP contribution is -2.41. The molecule has 3 rings (SSSR count). The van der Waals surface area contributed by atoms with E-state index < -0.39 is 35.8 Å². The molecule has 0 spiro atoms. The second kappa shape index (κ2) is 13.0. The predicted molar refractivity (Wildman–Crippen MR) is 133 cm³/mol. The van der Waals surface area contributed by atoms with E-state index in [4.69, 9.17) is 23.6 Å². The third-order valence-electron chi connectivity index (χ3n) is 5.46. The molecule has 188 valence electrons. The van der Waals surface area contributed by atoms with Crippen molar-refractivity contribution in [1.29, 1.82) is 0 Å². The molecule has 0 bridgehead atoms. The molecule has 0 fully saturated rings. The average molecular weight is 492 g/mol. The van der Waals surface area contributed by atoms with Gasteiger partial charge in [-0.2, -0.15) is 0 Å². The highest BCUT2D eigenvalue weighted by Gasteiger charge is 2.47. The van der Waals surface area contributed by atoms with Gasteiger partial charge in [0.15, 0.2) is 12.0 Å². The van der Waals surface area contributed by atoms with Crippen molar-refractivity contribution in [3.8, 4) is 0 Å². The van der Waals surface area contributed by atoms with Gasteiger partial charge in [-0.05, 0) is 26.0 Å². The number of carbonyl (C=O) groups is 3. The van der Waals surface area contributed by atoms with Gasteiger partial charge in [0.1, 0.15) is 5.76 Å². The van der Waals surface area contributed by atoms with Gasteiger partial charge >= 0.3 is 17.9 Å². The number of hydrogen-bond donors (Lipinski definition) is 0. The topological polar surface area (TPSA) is 104 Å². The minimum absolute atomic E-state index is 0.0328. The number of aliphatic imine (C=N–C) groups is 1. The van der Waals surface area contributed by atoms with Crippen LogP contribution in [0.1, 0.15) is 36.7 Å². The van der Waals surface area contributed by atoms with Crippen LogP contribution in [0.4, 0.5) is 0 Å². The Kier molecular flexibility index (Phi) is 9.56. The van der Waals surface area contributed by atoms with Crippen LogP contribution < -0.4 is 0 Å². The van der Waals surface area contributed by atoms with E-state index in [9.17, 15) is 14.4 Å². The number of esters is 3. The minimum atomic E-state index is -1.52. The Bertz CT molecular complexity index is 1100. The van der Waals surface area contributed by atoms with Gasteiger partial charge in [0, 0.05) is 11.1 Å².